The number of carbonyl (C=O) groups excluding carboxylic acids is 1. The average molecular weight is 596 g/mol. The van der Waals surface area contributed by atoms with E-state index in [0.29, 0.717) is 5.75 Å². The van der Waals surface area contributed by atoms with Gasteiger partial charge in [-0.3, -0.25) is 9.10 Å². The van der Waals surface area contributed by atoms with Crippen molar-refractivity contribution in [3.63, 3.8) is 0 Å². The van der Waals surface area contributed by atoms with E-state index in [1.54, 1.807) is 48.7 Å². The minimum absolute atomic E-state index is 0.0576. The van der Waals surface area contributed by atoms with Crippen molar-refractivity contribution < 1.29 is 17.9 Å². The number of amides is 1. The van der Waals surface area contributed by atoms with Crippen molar-refractivity contribution in [2.75, 3.05) is 18.0 Å². The zero-order chi connectivity index (χ0) is 27.3. The van der Waals surface area contributed by atoms with Crippen LogP contribution >= 0.6 is 15.9 Å². The summed E-state index contributed by atoms with van der Waals surface area (Å²) in [6.07, 6.45) is 1.55. The van der Waals surface area contributed by atoms with Gasteiger partial charge in [-0.15, -0.1) is 0 Å². The van der Waals surface area contributed by atoms with Crippen molar-refractivity contribution in [1.29, 1.82) is 0 Å². The van der Waals surface area contributed by atoms with E-state index in [1.165, 1.54) is 19.2 Å². The highest BCUT2D eigenvalue weighted by Gasteiger charge is 2.29. The van der Waals surface area contributed by atoms with Gasteiger partial charge in [0.2, 0.25) is 0 Å². The first kappa shape index (κ1) is 27.2. The van der Waals surface area contributed by atoms with Crippen molar-refractivity contribution in [2.24, 2.45) is 5.10 Å². The van der Waals surface area contributed by atoms with E-state index in [1.807, 2.05) is 44.2 Å². The number of anilines is 1. The van der Waals surface area contributed by atoms with Gasteiger partial charge in [-0.2, -0.15) is 5.10 Å². The van der Waals surface area contributed by atoms with Crippen LogP contribution in [-0.4, -0.2) is 38.8 Å². The third kappa shape index (κ3) is 5.81. The molecule has 38 heavy (non-hydrogen) atoms. The van der Waals surface area contributed by atoms with Crippen LogP contribution in [0.1, 0.15) is 17.0 Å². The molecule has 1 N–H and O–H groups in total. The zero-order valence-corrected chi connectivity index (χ0v) is 23.5. The Morgan fingerprint density at radius 1 is 1.03 bits per heavy atom. The number of hydrogen-bond acceptors (Lipinski definition) is 5. The molecule has 8 nitrogen and oxygen atoms in total. The molecule has 4 aromatic rings. The number of para-hydroxylation sites is 2. The highest BCUT2D eigenvalue weighted by Crippen LogP contribution is 2.32. The Morgan fingerprint density at radius 3 is 2.45 bits per heavy atom. The van der Waals surface area contributed by atoms with Crippen LogP contribution < -0.4 is 14.5 Å². The summed E-state index contributed by atoms with van der Waals surface area (Å²) in [5.41, 5.74) is 6.48. The van der Waals surface area contributed by atoms with Gasteiger partial charge < -0.3 is 9.30 Å². The number of halogens is 1. The second kappa shape index (κ2) is 11.7. The first-order valence-electron chi connectivity index (χ1n) is 11.7. The number of benzene rings is 3. The normalized spacial score (nSPS) is 11.5. The highest BCUT2D eigenvalue weighted by atomic mass is 79.9. The lowest BCUT2D eigenvalue weighted by molar-refractivity contribution is -0.119. The maximum absolute atomic E-state index is 13.5. The molecule has 1 aromatic heterocycles. The Hall–Kier alpha value is -3.89. The summed E-state index contributed by atoms with van der Waals surface area (Å²) in [5.74, 6) is -0.282. The first-order valence-corrected chi connectivity index (χ1v) is 13.9. The maximum atomic E-state index is 13.5. The number of carbonyl (C=O) groups is 1. The molecule has 1 heterocycles. The summed E-state index contributed by atoms with van der Waals surface area (Å²) in [6.45, 7) is 3.46. The predicted octanol–water partition coefficient (Wildman–Crippen LogP) is 5.21. The SMILES string of the molecule is COc1ccccc1N(CC(=O)N/N=C/c1cc(C)n(-c2cccc(Br)c2)c1C)S(=O)(=O)c1ccccc1. The average Bonchev–Trinajstić information content (AvgIpc) is 3.20. The number of ether oxygens (including phenoxy) is 1. The fourth-order valence-electron chi connectivity index (χ4n) is 4.13. The molecule has 0 saturated heterocycles. The lowest BCUT2D eigenvalue weighted by atomic mass is 10.2. The molecular weight excluding hydrogens is 568 g/mol. The standard InChI is InChI=1S/C28H27BrN4O4S/c1-20-16-22(21(2)33(20)24-11-9-10-23(29)17-24)18-30-31-28(34)19-32(26-14-7-8-15-27(26)37-3)38(35,36)25-12-5-4-6-13-25/h4-18H,19H2,1-3H3,(H,31,34)/b30-18+. The van der Waals surface area contributed by atoms with E-state index < -0.39 is 22.5 Å². The van der Waals surface area contributed by atoms with Gasteiger partial charge in [0.1, 0.15) is 12.3 Å². The summed E-state index contributed by atoms with van der Waals surface area (Å²) < 4.78 is 36.5. The third-order valence-corrected chi connectivity index (χ3v) is 8.17. The number of hydrogen-bond donors (Lipinski definition) is 1. The molecule has 4 rings (SSSR count). The van der Waals surface area contributed by atoms with Gasteiger partial charge in [0.05, 0.1) is 23.9 Å². The van der Waals surface area contributed by atoms with Crippen molar-refractivity contribution in [2.45, 2.75) is 18.7 Å². The van der Waals surface area contributed by atoms with Gasteiger partial charge in [0.25, 0.3) is 15.9 Å². The van der Waals surface area contributed by atoms with Crippen LogP contribution in [0.15, 0.2) is 99.4 Å². The largest absolute Gasteiger partial charge is 0.495 e. The molecule has 0 unspecified atom stereocenters. The summed E-state index contributed by atoms with van der Waals surface area (Å²) >= 11 is 3.51. The smallest absolute Gasteiger partial charge is 0.264 e. The van der Waals surface area contributed by atoms with E-state index >= 15 is 0 Å². The van der Waals surface area contributed by atoms with Crippen molar-refractivity contribution in [3.8, 4) is 11.4 Å². The second-order valence-corrected chi connectivity index (χ2v) is 11.2. The topological polar surface area (TPSA) is 93.0 Å². The third-order valence-electron chi connectivity index (χ3n) is 5.90. The van der Waals surface area contributed by atoms with E-state index in [9.17, 15) is 13.2 Å². The Labute approximate surface area is 230 Å². The summed E-state index contributed by atoms with van der Waals surface area (Å²) in [5, 5.41) is 4.11. The second-order valence-electron chi connectivity index (χ2n) is 8.43. The fraction of sp³-hybridized carbons (Fsp3) is 0.143. The molecule has 0 aliphatic rings. The number of nitrogens with one attached hydrogen (secondary N) is 1. The van der Waals surface area contributed by atoms with E-state index in [-0.39, 0.29) is 10.6 Å². The molecule has 0 aliphatic heterocycles. The molecule has 0 radical (unpaired) electrons. The monoisotopic (exact) mass is 594 g/mol. The molecule has 0 aliphatic carbocycles. The number of nitrogens with zero attached hydrogens (tertiary/aromatic N) is 3. The van der Waals surface area contributed by atoms with Gasteiger partial charge in [0.15, 0.2) is 0 Å². The van der Waals surface area contributed by atoms with Gasteiger partial charge in [-0.25, -0.2) is 13.8 Å². The van der Waals surface area contributed by atoms with Crippen LogP contribution in [0.25, 0.3) is 5.69 Å². The molecule has 0 fully saturated rings. The summed E-state index contributed by atoms with van der Waals surface area (Å²) in [4.78, 5) is 13.0. The molecule has 10 heteroatoms. The van der Waals surface area contributed by atoms with Gasteiger partial charge >= 0.3 is 0 Å². The number of hydrazone groups is 1. The minimum Gasteiger partial charge on any atom is -0.495 e. The number of rotatable bonds is 9. The Morgan fingerprint density at radius 2 is 1.74 bits per heavy atom. The number of aromatic nitrogens is 1. The number of sulfonamides is 1. The highest BCUT2D eigenvalue weighted by molar-refractivity contribution is 9.10. The summed E-state index contributed by atoms with van der Waals surface area (Å²) in [7, 11) is -2.62. The van der Waals surface area contributed by atoms with Crippen molar-refractivity contribution in [3.05, 3.63) is 106 Å². The molecule has 196 valence electrons. The lowest BCUT2D eigenvalue weighted by Crippen LogP contribution is -2.39. The molecule has 1 amide bonds. The zero-order valence-electron chi connectivity index (χ0n) is 21.1. The van der Waals surface area contributed by atoms with E-state index in [2.05, 4.69) is 31.0 Å². The molecular formula is C28H27BrN4O4S. The quantitative estimate of drug-likeness (QED) is 0.213. The Balaban J connectivity index is 1.57. The van der Waals surface area contributed by atoms with Crippen molar-refractivity contribution in [1.82, 2.24) is 9.99 Å². The van der Waals surface area contributed by atoms with Crippen LogP contribution in [0.3, 0.4) is 0 Å². The number of aryl methyl sites for hydroxylation is 1. The fourth-order valence-corrected chi connectivity index (χ4v) is 5.97. The molecule has 3 aromatic carbocycles. The van der Waals surface area contributed by atoms with Crippen molar-refractivity contribution >= 4 is 43.8 Å². The van der Waals surface area contributed by atoms with Crippen LogP contribution in [0.4, 0.5) is 5.69 Å². The first-order chi connectivity index (χ1) is 18.2. The number of methoxy groups -OCH3 is 1. The van der Waals surface area contributed by atoms with E-state index in [0.717, 1.165) is 31.4 Å². The summed E-state index contributed by atoms with van der Waals surface area (Å²) in [6, 6.07) is 24.5. The van der Waals surface area contributed by atoms with E-state index in [4.69, 9.17) is 4.74 Å². The predicted molar refractivity (Wildman–Crippen MR) is 153 cm³/mol. The Kier molecular flexibility index (Phi) is 8.33. The van der Waals surface area contributed by atoms with Crippen LogP contribution in [0.2, 0.25) is 0 Å². The van der Waals surface area contributed by atoms with Gasteiger partial charge in [-0.05, 0) is 62.4 Å². The maximum Gasteiger partial charge on any atom is 0.264 e. The Bertz CT molecular complexity index is 1580. The van der Waals surface area contributed by atoms with Gasteiger partial charge in [0, 0.05) is 27.1 Å². The molecule has 0 saturated carbocycles. The lowest BCUT2D eigenvalue weighted by Gasteiger charge is -2.25. The molecule has 0 atom stereocenters. The molecule has 0 bridgehead atoms. The van der Waals surface area contributed by atoms with Gasteiger partial charge in [-0.1, -0.05) is 52.3 Å². The van der Waals surface area contributed by atoms with Crippen LogP contribution in [0, 0.1) is 13.8 Å². The minimum atomic E-state index is -4.07. The van der Waals surface area contributed by atoms with Crippen LogP contribution in [-0.2, 0) is 14.8 Å². The molecule has 0 spiro atoms. The van der Waals surface area contributed by atoms with Crippen LogP contribution in [0.5, 0.6) is 5.75 Å².